The zero-order chi connectivity index (χ0) is 13.9. The van der Waals surface area contributed by atoms with E-state index in [2.05, 4.69) is 9.71 Å². The fourth-order valence-electron chi connectivity index (χ4n) is 1.61. The van der Waals surface area contributed by atoms with Gasteiger partial charge < -0.3 is 5.11 Å². The van der Waals surface area contributed by atoms with Gasteiger partial charge in [0.2, 0.25) is 10.0 Å². The number of nitrogens with zero attached hydrogens (tertiary/aromatic N) is 1. The van der Waals surface area contributed by atoms with E-state index in [4.69, 9.17) is 5.11 Å². The molecule has 0 saturated heterocycles. The molecular weight excluding hydrogens is 284 g/mol. The van der Waals surface area contributed by atoms with Crippen LogP contribution in [0.2, 0.25) is 0 Å². The minimum atomic E-state index is -3.57. The summed E-state index contributed by atoms with van der Waals surface area (Å²) >= 11 is 1.22. The second-order valence-electron chi connectivity index (χ2n) is 4.03. The summed E-state index contributed by atoms with van der Waals surface area (Å²) in [6.07, 6.45) is 3.24. The van der Waals surface area contributed by atoms with E-state index in [1.165, 1.54) is 22.8 Å². The molecule has 0 aliphatic heterocycles. The van der Waals surface area contributed by atoms with Crippen molar-refractivity contribution in [2.24, 2.45) is 0 Å². The highest BCUT2D eigenvalue weighted by Gasteiger charge is 2.19. The third-order valence-electron chi connectivity index (χ3n) is 2.63. The highest BCUT2D eigenvalue weighted by atomic mass is 32.2. The van der Waals surface area contributed by atoms with Gasteiger partial charge in [-0.15, -0.1) is 11.3 Å². The molecule has 2 heterocycles. The van der Waals surface area contributed by atoms with Crippen molar-refractivity contribution in [1.82, 2.24) is 9.71 Å². The number of aromatic nitrogens is 1. The Labute approximate surface area is 116 Å². The lowest BCUT2D eigenvalue weighted by molar-refractivity contribution is 0.285. The van der Waals surface area contributed by atoms with Crippen LogP contribution < -0.4 is 4.72 Å². The topological polar surface area (TPSA) is 79.3 Å². The van der Waals surface area contributed by atoms with Crippen LogP contribution in [0.4, 0.5) is 0 Å². The zero-order valence-electron chi connectivity index (χ0n) is 10.3. The van der Waals surface area contributed by atoms with Crippen molar-refractivity contribution in [3.63, 3.8) is 0 Å². The molecule has 102 valence electrons. The lowest BCUT2D eigenvalue weighted by Crippen LogP contribution is -2.26. The van der Waals surface area contributed by atoms with Crippen LogP contribution in [-0.4, -0.2) is 18.5 Å². The molecule has 7 heteroatoms. The predicted octanol–water partition coefficient (Wildman–Crippen LogP) is 1.67. The minimum Gasteiger partial charge on any atom is -0.391 e. The number of pyridine rings is 1. The smallest absolute Gasteiger partial charge is 0.241 e. The summed E-state index contributed by atoms with van der Waals surface area (Å²) in [5, 5.41) is 10.5. The van der Waals surface area contributed by atoms with Crippen LogP contribution in [-0.2, 0) is 16.6 Å². The van der Waals surface area contributed by atoms with Crippen molar-refractivity contribution in [2.75, 3.05) is 0 Å². The highest BCUT2D eigenvalue weighted by Crippen LogP contribution is 2.21. The molecule has 0 fully saturated rings. The SMILES string of the molecule is CC(NS(=O)(=O)c1csc(CO)c1)c1ccncc1. The molecule has 2 N–H and O–H groups in total. The van der Waals surface area contributed by atoms with Crippen LogP contribution in [0.5, 0.6) is 0 Å². The lowest BCUT2D eigenvalue weighted by Gasteiger charge is -2.13. The summed E-state index contributed by atoms with van der Waals surface area (Å²) in [5.41, 5.74) is 0.844. The van der Waals surface area contributed by atoms with Gasteiger partial charge in [-0.1, -0.05) is 0 Å². The van der Waals surface area contributed by atoms with Gasteiger partial charge in [0.15, 0.2) is 0 Å². The molecule has 5 nitrogen and oxygen atoms in total. The summed E-state index contributed by atoms with van der Waals surface area (Å²) in [4.78, 5) is 4.70. The van der Waals surface area contributed by atoms with E-state index in [1.54, 1.807) is 31.5 Å². The molecule has 0 radical (unpaired) electrons. The number of rotatable bonds is 5. The number of thiophene rings is 1. The molecule has 0 spiro atoms. The molecule has 2 rings (SSSR count). The molecule has 0 aromatic carbocycles. The van der Waals surface area contributed by atoms with E-state index in [-0.39, 0.29) is 17.5 Å². The van der Waals surface area contributed by atoms with E-state index in [0.717, 1.165) is 5.56 Å². The average molecular weight is 298 g/mol. The second kappa shape index (κ2) is 5.79. The van der Waals surface area contributed by atoms with E-state index >= 15 is 0 Å². The molecule has 0 bridgehead atoms. The van der Waals surface area contributed by atoms with E-state index < -0.39 is 10.0 Å². The normalized spacial score (nSPS) is 13.4. The first-order valence-corrected chi connectivity index (χ1v) is 8.00. The van der Waals surface area contributed by atoms with E-state index in [9.17, 15) is 8.42 Å². The van der Waals surface area contributed by atoms with Gasteiger partial charge in [-0.2, -0.15) is 0 Å². The fourth-order valence-corrected chi connectivity index (χ4v) is 3.97. The van der Waals surface area contributed by atoms with Gasteiger partial charge in [0.25, 0.3) is 0 Å². The first-order chi connectivity index (χ1) is 9.03. The largest absolute Gasteiger partial charge is 0.391 e. The maximum atomic E-state index is 12.1. The number of hydrogen-bond donors (Lipinski definition) is 2. The molecule has 0 aliphatic carbocycles. The summed E-state index contributed by atoms with van der Waals surface area (Å²) in [7, 11) is -3.57. The molecule has 1 atom stereocenters. The first-order valence-electron chi connectivity index (χ1n) is 5.63. The van der Waals surface area contributed by atoms with Gasteiger partial charge in [0.05, 0.1) is 11.5 Å². The summed E-state index contributed by atoms with van der Waals surface area (Å²) in [6, 6.07) is 4.66. The Balaban J connectivity index is 2.17. The predicted molar refractivity (Wildman–Crippen MR) is 73.2 cm³/mol. The summed E-state index contributed by atoms with van der Waals surface area (Å²) in [6.45, 7) is 1.62. The second-order valence-corrected chi connectivity index (χ2v) is 6.74. The van der Waals surface area contributed by atoms with Crippen LogP contribution in [0.15, 0.2) is 40.9 Å². The molecule has 0 amide bonds. The van der Waals surface area contributed by atoms with Crippen molar-refractivity contribution in [3.8, 4) is 0 Å². The minimum absolute atomic E-state index is 0.153. The number of sulfonamides is 1. The standard InChI is InChI=1S/C12H14N2O3S2/c1-9(10-2-4-13-5-3-10)14-19(16,17)12-6-11(7-15)18-8-12/h2-6,8-9,14-15H,7H2,1H3. The van der Waals surface area contributed by atoms with E-state index in [0.29, 0.717) is 4.88 Å². The van der Waals surface area contributed by atoms with Crippen molar-refractivity contribution >= 4 is 21.4 Å². The number of nitrogens with one attached hydrogen (secondary N) is 1. The molecule has 2 aromatic heterocycles. The molecular formula is C12H14N2O3S2. The summed E-state index contributed by atoms with van der Waals surface area (Å²) in [5.74, 6) is 0. The third-order valence-corrected chi connectivity index (χ3v) is 5.22. The van der Waals surface area contributed by atoms with Crippen molar-refractivity contribution in [1.29, 1.82) is 0 Å². The van der Waals surface area contributed by atoms with Crippen LogP contribution in [0, 0.1) is 0 Å². The van der Waals surface area contributed by atoms with Gasteiger partial charge in [0, 0.05) is 28.7 Å². The Morgan fingerprint density at radius 2 is 2.11 bits per heavy atom. The van der Waals surface area contributed by atoms with Gasteiger partial charge >= 0.3 is 0 Å². The van der Waals surface area contributed by atoms with Gasteiger partial charge in [0.1, 0.15) is 0 Å². The Bertz CT molecular complexity index is 638. The highest BCUT2D eigenvalue weighted by molar-refractivity contribution is 7.89. The van der Waals surface area contributed by atoms with Crippen LogP contribution in [0.1, 0.15) is 23.4 Å². The van der Waals surface area contributed by atoms with Crippen LogP contribution >= 0.6 is 11.3 Å². The molecule has 1 unspecified atom stereocenters. The fraction of sp³-hybridized carbons (Fsp3) is 0.250. The zero-order valence-corrected chi connectivity index (χ0v) is 11.9. The van der Waals surface area contributed by atoms with Gasteiger partial charge in [-0.3, -0.25) is 4.98 Å². The molecule has 2 aromatic rings. The Morgan fingerprint density at radius 3 is 2.68 bits per heavy atom. The van der Waals surface area contributed by atoms with Crippen molar-refractivity contribution in [2.45, 2.75) is 24.5 Å². The quantitative estimate of drug-likeness (QED) is 0.880. The third kappa shape index (κ3) is 3.38. The van der Waals surface area contributed by atoms with Crippen LogP contribution in [0.3, 0.4) is 0 Å². The van der Waals surface area contributed by atoms with E-state index in [1.807, 2.05) is 0 Å². The number of aliphatic hydroxyl groups is 1. The number of aliphatic hydroxyl groups excluding tert-OH is 1. The summed E-state index contributed by atoms with van der Waals surface area (Å²) < 4.78 is 26.9. The van der Waals surface area contributed by atoms with Crippen LogP contribution in [0.25, 0.3) is 0 Å². The Kier molecular flexibility index (Phi) is 4.31. The van der Waals surface area contributed by atoms with Gasteiger partial charge in [-0.05, 0) is 30.7 Å². The Morgan fingerprint density at radius 1 is 1.42 bits per heavy atom. The van der Waals surface area contributed by atoms with Crippen molar-refractivity contribution in [3.05, 3.63) is 46.4 Å². The lowest BCUT2D eigenvalue weighted by atomic mass is 10.1. The average Bonchev–Trinajstić information content (AvgIpc) is 2.89. The maximum Gasteiger partial charge on any atom is 0.241 e. The molecule has 0 aliphatic rings. The molecule has 19 heavy (non-hydrogen) atoms. The van der Waals surface area contributed by atoms with Gasteiger partial charge in [-0.25, -0.2) is 13.1 Å². The number of hydrogen-bond acceptors (Lipinski definition) is 5. The monoisotopic (exact) mass is 298 g/mol. The first kappa shape index (κ1) is 14.1. The maximum absolute atomic E-state index is 12.1. The van der Waals surface area contributed by atoms with Crippen molar-refractivity contribution < 1.29 is 13.5 Å². The Hall–Kier alpha value is -1.28. The molecule has 0 saturated carbocycles.